The summed E-state index contributed by atoms with van der Waals surface area (Å²) >= 11 is 6.95. The van der Waals surface area contributed by atoms with Gasteiger partial charge in [-0.05, 0) is 46.6 Å². The van der Waals surface area contributed by atoms with E-state index in [-0.39, 0.29) is 16.7 Å². The van der Waals surface area contributed by atoms with Crippen LogP contribution in [0.15, 0.2) is 28.6 Å². The number of imidazole rings is 1. The van der Waals surface area contributed by atoms with Gasteiger partial charge in [0.05, 0.1) is 6.61 Å². The summed E-state index contributed by atoms with van der Waals surface area (Å²) in [6, 6.07) is 2.47. The number of ether oxygens (including phenoxy) is 1. The molecule has 0 N–H and O–H groups in total. The van der Waals surface area contributed by atoms with E-state index in [0.29, 0.717) is 0 Å². The zero-order valence-corrected chi connectivity index (χ0v) is 16.3. The summed E-state index contributed by atoms with van der Waals surface area (Å²) in [5, 5.41) is -5.91. The molecule has 0 bridgehead atoms. The number of esters is 1. The number of pyridine rings is 1. The largest absolute Gasteiger partial charge is 0.461 e. The molecule has 2 rings (SSSR count). The van der Waals surface area contributed by atoms with Crippen LogP contribution in [0.2, 0.25) is 0 Å². The quantitative estimate of drug-likeness (QED) is 0.270. The number of fused-ring (bicyclic) bond motifs is 1. The molecule has 0 saturated heterocycles. The van der Waals surface area contributed by atoms with Gasteiger partial charge in [0, 0.05) is 10.7 Å². The van der Waals surface area contributed by atoms with Gasteiger partial charge in [0.15, 0.2) is 11.5 Å². The summed E-state index contributed by atoms with van der Waals surface area (Å²) in [7, 11) is 0. The van der Waals surface area contributed by atoms with Gasteiger partial charge in [0.2, 0.25) is 5.83 Å². The Morgan fingerprint density at radius 1 is 1.21 bits per heavy atom. The second kappa shape index (κ2) is 7.74. The summed E-state index contributed by atoms with van der Waals surface area (Å²) in [5.41, 5.74) is -2.67. The highest BCUT2D eigenvalue weighted by molar-refractivity contribution is 9.10. The lowest BCUT2D eigenvalue weighted by molar-refractivity contribution is -0.269. The Morgan fingerprint density at radius 3 is 2.31 bits per heavy atom. The van der Waals surface area contributed by atoms with Gasteiger partial charge >= 0.3 is 23.2 Å². The van der Waals surface area contributed by atoms with E-state index >= 15 is 0 Å². The lowest BCUT2D eigenvalue weighted by Gasteiger charge is -2.28. The topological polar surface area (TPSA) is 43.6 Å². The van der Waals surface area contributed by atoms with Crippen molar-refractivity contribution in [2.45, 2.75) is 24.2 Å². The molecule has 0 atom stereocenters. The molecule has 0 aromatic carbocycles. The molecule has 29 heavy (non-hydrogen) atoms. The number of nitrogens with zero attached hydrogens (tertiary/aromatic N) is 2. The molecule has 0 fully saturated rings. The van der Waals surface area contributed by atoms with Gasteiger partial charge in [0.25, 0.3) is 0 Å². The summed E-state index contributed by atoms with van der Waals surface area (Å²) in [4.78, 5) is 15.5. The first-order valence-electron chi connectivity index (χ1n) is 7.40. The van der Waals surface area contributed by atoms with Crippen LogP contribution in [0, 0.1) is 0 Å². The Bertz CT molecular complexity index is 987. The first-order valence-corrected chi connectivity index (χ1v) is 8.57. The number of hydrogen-bond acceptors (Lipinski definition) is 3. The first kappa shape index (κ1) is 23.4. The third-order valence-corrected chi connectivity index (χ3v) is 4.18. The van der Waals surface area contributed by atoms with Gasteiger partial charge < -0.3 is 4.74 Å². The number of carbonyl (C=O) groups is 1. The zero-order chi connectivity index (χ0) is 22.4. The van der Waals surface area contributed by atoms with Crippen LogP contribution < -0.4 is 0 Å². The van der Waals surface area contributed by atoms with Crippen LogP contribution in [0.5, 0.6) is 0 Å². The Labute approximate surface area is 170 Å². The monoisotopic (exact) mass is 514 g/mol. The molecule has 14 heteroatoms. The van der Waals surface area contributed by atoms with Gasteiger partial charge in [-0.1, -0.05) is 0 Å². The fraction of sp³-hybridized carbons (Fsp3) is 0.333. The van der Waals surface area contributed by atoms with Gasteiger partial charge in [-0.2, -0.15) is 26.3 Å². The molecule has 0 aliphatic heterocycles. The molecule has 4 nitrogen and oxygen atoms in total. The minimum absolute atomic E-state index is 0.278. The van der Waals surface area contributed by atoms with Crippen molar-refractivity contribution < 1.29 is 44.7 Å². The maximum absolute atomic E-state index is 14.5. The minimum atomic E-state index is -6.50. The standard InChI is InChI=1S/C15H8BrClF8N2O2/c1-2-29-12(28)10-9(26-7-4-3-6(16)5-27(7)10)8(18)11(19)13(20,21)14(22,23)15(17,24)25/h3-5H,2H2,1H3/b11-8+. The van der Waals surface area contributed by atoms with E-state index in [1.807, 2.05) is 0 Å². The van der Waals surface area contributed by atoms with Crippen molar-refractivity contribution in [1.29, 1.82) is 0 Å². The number of allylic oxidation sites excluding steroid dienone is 1. The molecule has 0 spiro atoms. The zero-order valence-electron chi connectivity index (χ0n) is 13.9. The van der Waals surface area contributed by atoms with Gasteiger partial charge in [-0.25, -0.2) is 18.6 Å². The summed E-state index contributed by atoms with van der Waals surface area (Å²) in [5.74, 6) is -20.6. The second-order valence-electron chi connectivity index (χ2n) is 5.38. The van der Waals surface area contributed by atoms with Crippen molar-refractivity contribution in [3.8, 4) is 0 Å². The third-order valence-electron chi connectivity index (χ3n) is 3.48. The highest BCUT2D eigenvalue weighted by Crippen LogP contribution is 2.52. The van der Waals surface area contributed by atoms with Crippen molar-refractivity contribution in [2.75, 3.05) is 6.61 Å². The number of aromatic nitrogens is 2. The lowest BCUT2D eigenvalue weighted by Crippen LogP contribution is -2.51. The Kier molecular flexibility index (Phi) is 6.25. The molecule has 0 amide bonds. The predicted molar refractivity (Wildman–Crippen MR) is 88.7 cm³/mol. The molecule has 0 saturated carbocycles. The molecule has 0 aliphatic rings. The second-order valence-corrected chi connectivity index (χ2v) is 6.77. The maximum atomic E-state index is 14.5. The van der Waals surface area contributed by atoms with E-state index in [0.717, 1.165) is 16.7 Å². The van der Waals surface area contributed by atoms with Gasteiger partial charge in [0.1, 0.15) is 11.3 Å². The average Bonchev–Trinajstić information content (AvgIpc) is 2.97. The maximum Gasteiger partial charge on any atom is 0.393 e. The highest BCUT2D eigenvalue weighted by Gasteiger charge is 2.74. The molecular formula is C15H8BrClF8N2O2. The molecule has 2 aromatic heterocycles. The van der Waals surface area contributed by atoms with E-state index in [1.165, 1.54) is 13.0 Å². The molecule has 2 heterocycles. The van der Waals surface area contributed by atoms with Gasteiger partial charge in [-0.15, -0.1) is 0 Å². The van der Waals surface area contributed by atoms with Crippen LogP contribution in [0.3, 0.4) is 0 Å². The predicted octanol–water partition coefficient (Wildman–Crippen LogP) is 5.98. The fourth-order valence-electron chi connectivity index (χ4n) is 2.12. The minimum Gasteiger partial charge on any atom is -0.461 e. The fourth-order valence-corrected chi connectivity index (χ4v) is 2.58. The molecule has 160 valence electrons. The van der Waals surface area contributed by atoms with Crippen LogP contribution >= 0.6 is 27.5 Å². The van der Waals surface area contributed by atoms with Crippen molar-refractivity contribution in [3.63, 3.8) is 0 Å². The normalized spacial score (nSPS) is 14.2. The summed E-state index contributed by atoms with van der Waals surface area (Å²) in [6.07, 6.45) is 1.10. The summed E-state index contributed by atoms with van der Waals surface area (Å²) in [6.45, 7) is 1.06. The van der Waals surface area contributed by atoms with Crippen molar-refractivity contribution in [2.24, 2.45) is 0 Å². The number of carbonyl (C=O) groups excluding carboxylic acids is 1. The third kappa shape index (κ3) is 3.93. The SMILES string of the molecule is CCOC(=O)c1c(/C(F)=C(\F)C(F)(F)C(F)(F)C(F)(F)Cl)nc2ccc(Br)cn12. The van der Waals surface area contributed by atoms with E-state index in [2.05, 4.69) is 37.3 Å². The number of alkyl halides is 7. The number of rotatable bonds is 6. The average molecular weight is 516 g/mol. The molecule has 0 radical (unpaired) electrons. The Morgan fingerprint density at radius 2 is 1.79 bits per heavy atom. The van der Waals surface area contributed by atoms with E-state index in [9.17, 15) is 39.9 Å². The number of halogens is 10. The van der Waals surface area contributed by atoms with E-state index in [1.54, 1.807) is 0 Å². The molecule has 0 aliphatic carbocycles. The van der Waals surface area contributed by atoms with Crippen LogP contribution in [0.25, 0.3) is 11.5 Å². The Balaban J connectivity index is 2.78. The Hall–Kier alpha value is -1.89. The summed E-state index contributed by atoms with van der Waals surface area (Å²) < 4.78 is 113. The van der Waals surface area contributed by atoms with Crippen LogP contribution in [0.4, 0.5) is 35.1 Å². The molecule has 0 unspecified atom stereocenters. The van der Waals surface area contributed by atoms with E-state index < -0.39 is 46.2 Å². The lowest BCUT2D eigenvalue weighted by atomic mass is 10.1. The van der Waals surface area contributed by atoms with Crippen LogP contribution in [-0.4, -0.2) is 39.2 Å². The van der Waals surface area contributed by atoms with Gasteiger partial charge in [-0.3, -0.25) is 4.40 Å². The highest BCUT2D eigenvalue weighted by atomic mass is 79.9. The van der Waals surface area contributed by atoms with E-state index in [4.69, 9.17) is 0 Å². The first-order chi connectivity index (χ1) is 13.2. The smallest absolute Gasteiger partial charge is 0.393 e. The molecule has 2 aromatic rings. The number of hydrogen-bond donors (Lipinski definition) is 0. The van der Waals surface area contributed by atoms with Crippen molar-refractivity contribution in [1.82, 2.24) is 9.38 Å². The molecular weight excluding hydrogens is 508 g/mol. The van der Waals surface area contributed by atoms with Crippen LogP contribution in [0.1, 0.15) is 23.1 Å². The van der Waals surface area contributed by atoms with Crippen LogP contribution in [-0.2, 0) is 4.74 Å². The van der Waals surface area contributed by atoms with Crippen molar-refractivity contribution >= 4 is 45.0 Å². The van der Waals surface area contributed by atoms with Crippen molar-refractivity contribution in [3.05, 3.63) is 40.0 Å².